The highest BCUT2D eigenvalue weighted by atomic mass is 31.2. The lowest BCUT2D eigenvalue weighted by molar-refractivity contribution is -0.870. The molecule has 3 unspecified atom stereocenters. The molecule has 0 saturated heterocycles. The molecule has 0 bridgehead atoms. The summed E-state index contributed by atoms with van der Waals surface area (Å²) in [4.78, 5) is 25.5. The fraction of sp³-hybridized carbons (Fsp3) is 0.896. The van der Waals surface area contributed by atoms with Crippen molar-refractivity contribution in [1.82, 2.24) is 5.32 Å². The van der Waals surface area contributed by atoms with Crippen molar-refractivity contribution in [3.8, 4) is 0 Å². The number of likely N-dealkylation sites (N-methyl/N-ethyl adjacent to an activating group) is 1. The molecule has 0 aliphatic heterocycles. The number of nitrogens with zero attached hydrogens (tertiary/aromatic N) is 1. The van der Waals surface area contributed by atoms with E-state index < -0.39 is 20.0 Å². The number of phosphoric ester groups is 1. The number of allylic oxidation sites excluding steroid dienone is 5. The maximum absolute atomic E-state index is 13.0. The van der Waals surface area contributed by atoms with Gasteiger partial charge in [0.15, 0.2) is 0 Å². The van der Waals surface area contributed by atoms with Crippen LogP contribution in [0.25, 0.3) is 0 Å². The summed E-state index contributed by atoms with van der Waals surface area (Å²) >= 11 is 0. The third-order valence-corrected chi connectivity index (χ3v) is 16.3. The van der Waals surface area contributed by atoms with Crippen molar-refractivity contribution in [2.24, 2.45) is 0 Å². The molecule has 0 aliphatic rings. The second kappa shape index (κ2) is 58.4. The van der Waals surface area contributed by atoms with Gasteiger partial charge in [-0.25, -0.2) is 0 Å². The topological polar surface area (TPSA) is 108 Å². The molecule has 0 fully saturated rings. The molecule has 1 amide bonds. The van der Waals surface area contributed by atoms with Crippen LogP contribution >= 0.6 is 7.82 Å². The molecule has 450 valence electrons. The van der Waals surface area contributed by atoms with E-state index in [-0.39, 0.29) is 19.1 Å². The van der Waals surface area contributed by atoms with Crippen LogP contribution in [0.1, 0.15) is 335 Å². The maximum Gasteiger partial charge on any atom is 0.268 e. The van der Waals surface area contributed by atoms with Gasteiger partial charge in [0.25, 0.3) is 7.82 Å². The highest BCUT2D eigenvalue weighted by Gasteiger charge is 2.23. The van der Waals surface area contributed by atoms with E-state index >= 15 is 0 Å². The zero-order valence-corrected chi connectivity index (χ0v) is 52.4. The minimum Gasteiger partial charge on any atom is -0.756 e. The summed E-state index contributed by atoms with van der Waals surface area (Å²) in [7, 11) is 1.28. The number of carbonyl (C=O) groups excluding carboxylic acids is 1. The average Bonchev–Trinajstić information content (AvgIpc) is 3.38. The Balaban J connectivity index is 3.88. The summed E-state index contributed by atoms with van der Waals surface area (Å²) in [6.45, 7) is 4.68. The molecule has 3 atom stereocenters. The third kappa shape index (κ3) is 60.4. The Kier molecular flexibility index (Phi) is 57.4. The van der Waals surface area contributed by atoms with Crippen LogP contribution < -0.4 is 10.2 Å². The van der Waals surface area contributed by atoms with E-state index in [1.165, 1.54) is 270 Å². The number of quaternary nitrogens is 1. The lowest BCUT2D eigenvalue weighted by Crippen LogP contribution is -2.45. The first-order valence-electron chi connectivity index (χ1n) is 33.4. The summed E-state index contributed by atoms with van der Waals surface area (Å²) in [5.74, 6) is -0.191. The van der Waals surface area contributed by atoms with Gasteiger partial charge >= 0.3 is 0 Å². The summed E-state index contributed by atoms with van der Waals surface area (Å²) < 4.78 is 23.4. The Morgan fingerprint density at radius 2 is 0.763 bits per heavy atom. The quantitative estimate of drug-likeness (QED) is 0.0272. The second-order valence-corrected chi connectivity index (χ2v) is 25.6. The zero-order valence-electron chi connectivity index (χ0n) is 51.5. The molecule has 0 aromatic carbocycles. The minimum absolute atomic E-state index is 0.00140. The Morgan fingerprint density at radius 3 is 1.09 bits per heavy atom. The van der Waals surface area contributed by atoms with Crippen LogP contribution in [0.4, 0.5) is 0 Å². The fourth-order valence-corrected chi connectivity index (χ4v) is 10.9. The number of nitrogens with one attached hydrogen (secondary N) is 1. The van der Waals surface area contributed by atoms with Crippen LogP contribution in [-0.2, 0) is 18.4 Å². The number of hydrogen-bond donors (Lipinski definition) is 2. The van der Waals surface area contributed by atoms with Crippen molar-refractivity contribution in [1.29, 1.82) is 0 Å². The molecule has 76 heavy (non-hydrogen) atoms. The van der Waals surface area contributed by atoms with Crippen LogP contribution in [0.3, 0.4) is 0 Å². The molecule has 2 N–H and O–H groups in total. The molecule has 9 heteroatoms. The number of hydrogen-bond acceptors (Lipinski definition) is 6. The number of rotatable bonds is 62. The van der Waals surface area contributed by atoms with Gasteiger partial charge in [0.1, 0.15) is 13.2 Å². The Hall–Kier alpha value is -1.28. The molecule has 0 aromatic heterocycles. The molecule has 0 heterocycles. The predicted molar refractivity (Wildman–Crippen MR) is 330 cm³/mol. The van der Waals surface area contributed by atoms with Crippen molar-refractivity contribution in [2.45, 2.75) is 347 Å². The zero-order chi connectivity index (χ0) is 55.6. The second-order valence-electron chi connectivity index (χ2n) is 24.2. The van der Waals surface area contributed by atoms with Crippen molar-refractivity contribution < 1.29 is 32.9 Å². The van der Waals surface area contributed by atoms with Gasteiger partial charge in [0.2, 0.25) is 5.91 Å². The van der Waals surface area contributed by atoms with Gasteiger partial charge in [0, 0.05) is 6.42 Å². The van der Waals surface area contributed by atoms with Gasteiger partial charge in [-0.05, 0) is 51.4 Å². The van der Waals surface area contributed by atoms with Gasteiger partial charge < -0.3 is 28.8 Å². The normalized spacial score (nSPS) is 13.9. The Morgan fingerprint density at radius 1 is 0.461 bits per heavy atom. The maximum atomic E-state index is 13.0. The highest BCUT2D eigenvalue weighted by Crippen LogP contribution is 2.38. The van der Waals surface area contributed by atoms with Gasteiger partial charge in [-0.2, -0.15) is 0 Å². The van der Waals surface area contributed by atoms with Crippen LogP contribution in [-0.4, -0.2) is 68.5 Å². The van der Waals surface area contributed by atoms with Crippen LogP contribution in [0, 0.1) is 0 Å². The Bertz CT molecular complexity index is 1330. The molecule has 8 nitrogen and oxygen atoms in total. The molecule has 0 spiro atoms. The monoisotopic (exact) mass is 1090 g/mol. The molecule has 0 rings (SSSR count). The summed E-state index contributed by atoms with van der Waals surface area (Å²) in [5.41, 5.74) is 0. The lowest BCUT2D eigenvalue weighted by atomic mass is 10.0. The van der Waals surface area contributed by atoms with Gasteiger partial charge in [0.05, 0.1) is 39.9 Å². The smallest absolute Gasteiger partial charge is 0.268 e. The number of aliphatic hydroxyl groups excluding tert-OH is 1. The SMILES string of the molecule is CCCCCCC/C=C\C/C=C\CCCCCCCCCCCCCCCCCCCCCCCCCCCCCC(=O)NC(COP(=O)([O-])OCC[N+](C)(C)C)C(O)/C=C/CCCCCCCCCCCCCCC. The van der Waals surface area contributed by atoms with Crippen LogP contribution in [0.2, 0.25) is 0 Å². The summed E-state index contributed by atoms with van der Waals surface area (Å²) in [6.07, 6.45) is 77.0. The first-order chi connectivity index (χ1) is 37.0. The van der Waals surface area contributed by atoms with E-state index in [4.69, 9.17) is 9.05 Å². The number of amides is 1. The van der Waals surface area contributed by atoms with Crippen LogP contribution in [0.5, 0.6) is 0 Å². The van der Waals surface area contributed by atoms with E-state index in [1.54, 1.807) is 6.08 Å². The van der Waals surface area contributed by atoms with E-state index in [9.17, 15) is 19.4 Å². The summed E-state index contributed by atoms with van der Waals surface area (Å²) in [6, 6.07) is -0.884. The first-order valence-corrected chi connectivity index (χ1v) is 34.8. The van der Waals surface area contributed by atoms with E-state index in [1.807, 2.05) is 27.2 Å². The fourth-order valence-electron chi connectivity index (χ4n) is 10.1. The lowest BCUT2D eigenvalue weighted by Gasteiger charge is -2.29. The minimum atomic E-state index is -4.59. The van der Waals surface area contributed by atoms with Crippen LogP contribution in [0.15, 0.2) is 36.5 Å². The predicted octanol–water partition coefficient (Wildman–Crippen LogP) is 20.3. The van der Waals surface area contributed by atoms with Crippen molar-refractivity contribution >= 4 is 13.7 Å². The van der Waals surface area contributed by atoms with E-state index in [0.29, 0.717) is 17.4 Å². The van der Waals surface area contributed by atoms with Gasteiger partial charge in [-0.15, -0.1) is 0 Å². The Labute approximate surface area is 474 Å². The standard InChI is InChI=1S/C67H131N2O6P/c1-6-8-10-12-14-16-18-20-22-23-24-25-26-27-28-29-30-31-32-33-34-35-36-37-38-39-40-41-42-43-44-45-47-49-51-53-55-57-59-61-67(71)68-65(64-75-76(72,73)74-63-62-69(3,4)5)66(70)60-58-56-54-52-50-48-46-21-19-17-15-13-11-9-7-2/h18,20,23-24,58,60,65-66,70H,6-17,19,21-22,25-57,59,61-64H2,1-5H3,(H-,68,71,72,73)/b20-18-,24-23-,60-58+. The van der Waals surface area contributed by atoms with Gasteiger partial charge in [-0.1, -0.05) is 314 Å². The average molecular weight is 1090 g/mol. The number of aliphatic hydroxyl groups is 1. The summed E-state index contributed by atoms with van der Waals surface area (Å²) in [5, 5.41) is 13.9. The third-order valence-electron chi connectivity index (χ3n) is 15.3. The van der Waals surface area contributed by atoms with E-state index in [0.717, 1.165) is 44.9 Å². The first kappa shape index (κ1) is 74.7. The van der Waals surface area contributed by atoms with Gasteiger partial charge in [-0.3, -0.25) is 9.36 Å². The molecule has 0 aromatic rings. The largest absolute Gasteiger partial charge is 0.756 e. The molecular weight excluding hydrogens is 960 g/mol. The number of carbonyl (C=O) groups is 1. The highest BCUT2D eigenvalue weighted by molar-refractivity contribution is 7.45. The van der Waals surface area contributed by atoms with E-state index in [2.05, 4.69) is 43.5 Å². The van der Waals surface area contributed by atoms with Crippen molar-refractivity contribution in [3.05, 3.63) is 36.5 Å². The van der Waals surface area contributed by atoms with Crippen molar-refractivity contribution in [3.63, 3.8) is 0 Å². The van der Waals surface area contributed by atoms with Crippen molar-refractivity contribution in [2.75, 3.05) is 40.9 Å². The molecular formula is C67H131N2O6P. The molecule has 0 radical (unpaired) electrons. The number of phosphoric acid groups is 1. The molecule has 0 aliphatic carbocycles. The molecule has 0 saturated carbocycles. The number of unbranched alkanes of at least 4 members (excludes halogenated alkanes) is 45.